The topological polar surface area (TPSA) is 116 Å². The molecule has 0 bridgehead atoms. The first kappa shape index (κ1) is 18.6. The van der Waals surface area contributed by atoms with Gasteiger partial charge in [0.1, 0.15) is 11.8 Å². The van der Waals surface area contributed by atoms with Crippen LogP contribution in [0.4, 0.5) is 0 Å². The predicted molar refractivity (Wildman–Crippen MR) is 101 cm³/mol. The molecule has 0 radical (unpaired) electrons. The van der Waals surface area contributed by atoms with Gasteiger partial charge in [-0.1, -0.05) is 5.16 Å². The van der Waals surface area contributed by atoms with Crippen molar-refractivity contribution in [3.05, 3.63) is 46.1 Å². The van der Waals surface area contributed by atoms with Crippen molar-refractivity contribution in [1.29, 1.82) is 5.26 Å². The molecule has 0 spiro atoms. The maximum atomic E-state index is 12.8. The van der Waals surface area contributed by atoms with Crippen LogP contribution in [0, 0.1) is 38.0 Å². The highest BCUT2D eigenvalue weighted by molar-refractivity contribution is 5.94. The summed E-state index contributed by atoms with van der Waals surface area (Å²) < 4.78 is 5.46. The SMILES string of the molecule is Cc1cc(C2NNC3CCC(NC(=O)c4ncc(C#N)c(C)c4C)CC32)on1. The van der Waals surface area contributed by atoms with Crippen LogP contribution in [0.25, 0.3) is 0 Å². The molecule has 8 heteroatoms. The highest BCUT2D eigenvalue weighted by Crippen LogP contribution is 2.38. The van der Waals surface area contributed by atoms with Crippen LogP contribution in [-0.2, 0) is 0 Å². The van der Waals surface area contributed by atoms with E-state index in [0.717, 1.165) is 41.8 Å². The Morgan fingerprint density at radius 2 is 2.11 bits per heavy atom. The lowest BCUT2D eigenvalue weighted by Crippen LogP contribution is -2.44. The van der Waals surface area contributed by atoms with Gasteiger partial charge in [-0.05, 0) is 51.2 Å². The Labute approximate surface area is 163 Å². The van der Waals surface area contributed by atoms with Gasteiger partial charge in [-0.25, -0.2) is 10.4 Å². The number of nitriles is 1. The molecule has 0 aromatic carbocycles. The minimum atomic E-state index is -0.181. The van der Waals surface area contributed by atoms with E-state index in [2.05, 4.69) is 32.4 Å². The number of carbonyl (C=O) groups is 1. The highest BCUT2D eigenvalue weighted by Gasteiger charge is 2.43. The summed E-state index contributed by atoms with van der Waals surface area (Å²) in [7, 11) is 0. The van der Waals surface area contributed by atoms with E-state index in [1.54, 1.807) is 0 Å². The van der Waals surface area contributed by atoms with Gasteiger partial charge >= 0.3 is 0 Å². The van der Waals surface area contributed by atoms with Crippen LogP contribution in [0.3, 0.4) is 0 Å². The normalized spacial score (nSPS) is 26.5. The zero-order valence-corrected chi connectivity index (χ0v) is 16.2. The smallest absolute Gasteiger partial charge is 0.270 e. The number of nitrogens with zero attached hydrogens (tertiary/aromatic N) is 3. The molecule has 2 fully saturated rings. The standard InChI is InChI=1S/C20H24N6O2/c1-10-6-17(28-26-10)19-15-7-14(4-5-16(15)24-25-19)23-20(27)18-12(3)11(2)13(8-21)9-22-18/h6,9,14-16,19,24-25H,4-5,7H2,1-3H3,(H,23,27). The van der Waals surface area contributed by atoms with Crippen molar-refractivity contribution in [2.24, 2.45) is 5.92 Å². The Hall–Kier alpha value is -2.76. The number of aryl methyl sites for hydroxylation is 1. The zero-order valence-electron chi connectivity index (χ0n) is 16.2. The molecule has 1 saturated carbocycles. The minimum absolute atomic E-state index is 0.0444. The van der Waals surface area contributed by atoms with E-state index >= 15 is 0 Å². The lowest BCUT2D eigenvalue weighted by molar-refractivity contribution is 0.0908. The highest BCUT2D eigenvalue weighted by atomic mass is 16.5. The molecule has 1 aliphatic carbocycles. The van der Waals surface area contributed by atoms with Crippen molar-refractivity contribution in [2.45, 2.75) is 58.2 Å². The number of rotatable bonds is 3. The molecule has 2 aromatic rings. The average molecular weight is 380 g/mol. The van der Waals surface area contributed by atoms with Crippen molar-refractivity contribution in [3.63, 3.8) is 0 Å². The van der Waals surface area contributed by atoms with Gasteiger partial charge in [0, 0.05) is 30.3 Å². The van der Waals surface area contributed by atoms with E-state index < -0.39 is 0 Å². The number of fused-ring (bicyclic) bond motifs is 1. The molecule has 2 aliphatic rings. The maximum Gasteiger partial charge on any atom is 0.270 e. The lowest BCUT2D eigenvalue weighted by atomic mass is 9.78. The van der Waals surface area contributed by atoms with Crippen LogP contribution in [-0.4, -0.2) is 28.1 Å². The van der Waals surface area contributed by atoms with Crippen LogP contribution in [0.2, 0.25) is 0 Å². The molecule has 8 nitrogen and oxygen atoms in total. The Morgan fingerprint density at radius 1 is 1.29 bits per heavy atom. The first-order valence-corrected chi connectivity index (χ1v) is 9.59. The quantitative estimate of drug-likeness (QED) is 0.745. The number of nitrogens with one attached hydrogen (secondary N) is 3. The Balaban J connectivity index is 1.47. The second-order valence-corrected chi connectivity index (χ2v) is 7.77. The fourth-order valence-corrected chi connectivity index (χ4v) is 4.30. The number of aromatic nitrogens is 2. The first-order valence-electron chi connectivity index (χ1n) is 9.59. The third kappa shape index (κ3) is 3.28. The van der Waals surface area contributed by atoms with Gasteiger partial charge in [0.05, 0.1) is 17.3 Å². The van der Waals surface area contributed by atoms with Crippen LogP contribution in [0.5, 0.6) is 0 Å². The third-order valence-electron chi connectivity index (χ3n) is 6.02. The summed E-state index contributed by atoms with van der Waals surface area (Å²) in [4.78, 5) is 17.0. The number of amides is 1. The number of hydrogen-bond acceptors (Lipinski definition) is 7. The van der Waals surface area contributed by atoms with E-state index in [1.807, 2.05) is 26.8 Å². The predicted octanol–water partition coefficient (Wildman–Crippen LogP) is 1.98. The first-order chi connectivity index (χ1) is 13.5. The van der Waals surface area contributed by atoms with Crippen molar-refractivity contribution in [2.75, 3.05) is 0 Å². The maximum absolute atomic E-state index is 12.8. The summed E-state index contributed by atoms with van der Waals surface area (Å²) in [6.45, 7) is 5.59. The van der Waals surface area contributed by atoms with Gasteiger partial charge in [-0.3, -0.25) is 10.2 Å². The summed E-state index contributed by atoms with van der Waals surface area (Å²) in [6.07, 6.45) is 4.18. The third-order valence-corrected chi connectivity index (χ3v) is 6.02. The molecule has 28 heavy (non-hydrogen) atoms. The molecule has 1 saturated heterocycles. The molecule has 4 rings (SSSR count). The van der Waals surface area contributed by atoms with E-state index in [-0.39, 0.29) is 18.0 Å². The molecule has 3 heterocycles. The molecule has 1 amide bonds. The molecule has 2 aromatic heterocycles. The van der Waals surface area contributed by atoms with Gasteiger partial charge in [-0.15, -0.1) is 0 Å². The summed E-state index contributed by atoms with van der Waals surface area (Å²) in [5, 5.41) is 16.3. The average Bonchev–Trinajstić information content (AvgIpc) is 3.29. The molecule has 4 unspecified atom stereocenters. The molecule has 146 valence electrons. The Kier molecular flexibility index (Phi) is 4.87. The number of pyridine rings is 1. The van der Waals surface area contributed by atoms with E-state index in [1.165, 1.54) is 6.20 Å². The van der Waals surface area contributed by atoms with Gasteiger partial charge in [0.15, 0.2) is 5.76 Å². The second-order valence-electron chi connectivity index (χ2n) is 7.77. The largest absolute Gasteiger partial charge is 0.359 e. The van der Waals surface area contributed by atoms with E-state index in [0.29, 0.717) is 23.2 Å². The number of hydrogen-bond donors (Lipinski definition) is 3. The monoisotopic (exact) mass is 380 g/mol. The van der Waals surface area contributed by atoms with Crippen molar-refractivity contribution >= 4 is 5.91 Å². The van der Waals surface area contributed by atoms with Crippen LogP contribution in [0.15, 0.2) is 16.8 Å². The molecule has 4 atom stereocenters. The summed E-state index contributed by atoms with van der Waals surface area (Å²) in [6, 6.07) is 4.52. The van der Waals surface area contributed by atoms with Crippen LogP contribution in [0.1, 0.15) is 63.9 Å². The van der Waals surface area contributed by atoms with Crippen LogP contribution < -0.4 is 16.2 Å². The van der Waals surface area contributed by atoms with Gasteiger partial charge in [0.2, 0.25) is 0 Å². The molecular formula is C20H24N6O2. The summed E-state index contributed by atoms with van der Waals surface area (Å²) in [5.74, 6) is 0.951. The lowest BCUT2D eigenvalue weighted by Gasteiger charge is -2.33. The molecule has 1 aliphatic heterocycles. The molecule has 3 N–H and O–H groups in total. The van der Waals surface area contributed by atoms with Gasteiger partial charge in [0.25, 0.3) is 5.91 Å². The Bertz CT molecular complexity index is 947. The van der Waals surface area contributed by atoms with Crippen molar-refractivity contribution < 1.29 is 9.32 Å². The van der Waals surface area contributed by atoms with Crippen LogP contribution >= 0.6 is 0 Å². The number of hydrazine groups is 1. The van der Waals surface area contributed by atoms with E-state index in [9.17, 15) is 4.79 Å². The van der Waals surface area contributed by atoms with Gasteiger partial charge in [-0.2, -0.15) is 5.26 Å². The fourth-order valence-electron chi connectivity index (χ4n) is 4.30. The van der Waals surface area contributed by atoms with Gasteiger partial charge < -0.3 is 9.84 Å². The fraction of sp³-hybridized carbons (Fsp3) is 0.500. The molecular weight excluding hydrogens is 356 g/mol. The Morgan fingerprint density at radius 3 is 2.82 bits per heavy atom. The second kappa shape index (κ2) is 7.34. The van der Waals surface area contributed by atoms with Crippen molar-refractivity contribution in [1.82, 2.24) is 26.3 Å². The summed E-state index contributed by atoms with van der Waals surface area (Å²) in [5.41, 5.74) is 9.99. The minimum Gasteiger partial charge on any atom is -0.359 e. The van der Waals surface area contributed by atoms with E-state index in [4.69, 9.17) is 9.78 Å². The zero-order chi connectivity index (χ0) is 19.8. The number of carbonyl (C=O) groups excluding carboxylic acids is 1. The summed E-state index contributed by atoms with van der Waals surface area (Å²) >= 11 is 0. The van der Waals surface area contributed by atoms with Crippen molar-refractivity contribution in [3.8, 4) is 6.07 Å².